The number of aromatic nitrogens is 4. The van der Waals surface area contributed by atoms with Crippen molar-refractivity contribution in [2.45, 2.75) is 30.3 Å². The molecule has 3 N–H and O–H groups in total. The fourth-order valence-corrected chi connectivity index (χ4v) is 2.87. The third-order valence-electron chi connectivity index (χ3n) is 2.67. The molecule has 0 aliphatic heterocycles. The van der Waals surface area contributed by atoms with E-state index in [-0.39, 0.29) is 17.0 Å². The van der Waals surface area contributed by atoms with Crippen molar-refractivity contribution < 1.29 is 0 Å². The van der Waals surface area contributed by atoms with Crippen LogP contribution in [0.1, 0.15) is 30.8 Å². The van der Waals surface area contributed by atoms with Gasteiger partial charge < -0.3 is 5.73 Å². The van der Waals surface area contributed by atoms with Gasteiger partial charge in [0.15, 0.2) is 5.16 Å². The van der Waals surface area contributed by atoms with Crippen molar-refractivity contribution in [3.63, 3.8) is 0 Å². The lowest BCUT2D eigenvalue weighted by Gasteiger charge is -2.14. The highest BCUT2D eigenvalue weighted by atomic mass is 32.2. The maximum atomic E-state index is 11.7. The normalized spacial score (nSPS) is 12.8. The Hall–Kier alpha value is -1.60. The van der Waals surface area contributed by atoms with Gasteiger partial charge in [0.1, 0.15) is 0 Å². The van der Waals surface area contributed by atoms with Gasteiger partial charge in [-0.25, -0.2) is 9.89 Å². The SMILES string of the molecule is CC(C)n1c(SC(CN)c2ccccn2)n[nH]c1=O. The molecule has 0 amide bonds. The summed E-state index contributed by atoms with van der Waals surface area (Å²) in [7, 11) is 0. The molecular formula is C12H17N5OS. The molecule has 2 aromatic rings. The minimum Gasteiger partial charge on any atom is -0.329 e. The van der Waals surface area contributed by atoms with Crippen LogP contribution in [0.2, 0.25) is 0 Å². The molecule has 2 aromatic heterocycles. The summed E-state index contributed by atoms with van der Waals surface area (Å²) in [6.45, 7) is 4.32. The molecule has 19 heavy (non-hydrogen) atoms. The molecular weight excluding hydrogens is 262 g/mol. The average Bonchev–Trinajstić information content (AvgIpc) is 2.78. The first-order valence-electron chi connectivity index (χ1n) is 6.08. The number of pyridine rings is 1. The van der Waals surface area contributed by atoms with Crippen LogP contribution in [0.4, 0.5) is 0 Å². The molecule has 0 fully saturated rings. The van der Waals surface area contributed by atoms with Crippen molar-refractivity contribution in [1.29, 1.82) is 0 Å². The molecule has 0 aliphatic carbocycles. The van der Waals surface area contributed by atoms with Crippen LogP contribution >= 0.6 is 11.8 Å². The molecule has 0 spiro atoms. The number of thioether (sulfide) groups is 1. The van der Waals surface area contributed by atoms with Gasteiger partial charge in [-0.15, -0.1) is 5.10 Å². The van der Waals surface area contributed by atoms with Crippen molar-refractivity contribution >= 4 is 11.8 Å². The molecule has 1 atom stereocenters. The van der Waals surface area contributed by atoms with Gasteiger partial charge in [0, 0.05) is 18.8 Å². The molecule has 0 aliphatic rings. The molecule has 0 bridgehead atoms. The fourth-order valence-electron chi connectivity index (χ4n) is 1.75. The Bertz CT molecular complexity index is 577. The van der Waals surface area contributed by atoms with Crippen molar-refractivity contribution in [1.82, 2.24) is 19.7 Å². The second-order valence-corrected chi connectivity index (χ2v) is 5.54. The second-order valence-electron chi connectivity index (χ2n) is 4.37. The van der Waals surface area contributed by atoms with Crippen LogP contribution < -0.4 is 11.4 Å². The van der Waals surface area contributed by atoms with Gasteiger partial charge in [0.2, 0.25) is 0 Å². The van der Waals surface area contributed by atoms with Gasteiger partial charge in [0.05, 0.1) is 10.9 Å². The predicted octanol–water partition coefficient (Wildman–Crippen LogP) is 1.34. The summed E-state index contributed by atoms with van der Waals surface area (Å²) in [5.74, 6) is 0. The molecule has 0 saturated heterocycles. The third-order valence-corrected chi connectivity index (χ3v) is 3.89. The van der Waals surface area contributed by atoms with Crippen LogP contribution in [0.25, 0.3) is 0 Å². The average molecular weight is 279 g/mol. The Morgan fingerprint density at radius 3 is 2.84 bits per heavy atom. The molecule has 0 aromatic carbocycles. The number of aromatic amines is 1. The van der Waals surface area contributed by atoms with Crippen molar-refractivity contribution in [2.24, 2.45) is 5.73 Å². The van der Waals surface area contributed by atoms with E-state index in [2.05, 4.69) is 15.2 Å². The summed E-state index contributed by atoms with van der Waals surface area (Å²) in [5.41, 5.74) is 6.49. The van der Waals surface area contributed by atoms with E-state index in [4.69, 9.17) is 5.73 Å². The summed E-state index contributed by atoms with van der Waals surface area (Å²) >= 11 is 1.45. The fraction of sp³-hybridized carbons (Fsp3) is 0.417. The first-order chi connectivity index (χ1) is 9.13. The van der Waals surface area contributed by atoms with E-state index in [0.717, 1.165) is 5.69 Å². The molecule has 102 valence electrons. The number of nitrogens with zero attached hydrogens (tertiary/aromatic N) is 3. The molecule has 2 heterocycles. The molecule has 0 saturated carbocycles. The predicted molar refractivity (Wildman–Crippen MR) is 75.1 cm³/mol. The van der Waals surface area contributed by atoms with Crippen molar-refractivity contribution in [3.8, 4) is 0 Å². The third kappa shape index (κ3) is 3.05. The minimum absolute atomic E-state index is 0.0195. The molecule has 1 unspecified atom stereocenters. The van der Waals surface area contributed by atoms with Crippen LogP contribution in [0.3, 0.4) is 0 Å². The Morgan fingerprint density at radius 2 is 2.26 bits per heavy atom. The summed E-state index contributed by atoms with van der Waals surface area (Å²) in [6, 6.07) is 5.76. The number of hydrogen-bond donors (Lipinski definition) is 2. The Balaban J connectivity index is 2.27. The van der Waals surface area contributed by atoms with Gasteiger partial charge in [-0.1, -0.05) is 17.8 Å². The highest BCUT2D eigenvalue weighted by Gasteiger charge is 2.19. The zero-order valence-electron chi connectivity index (χ0n) is 10.9. The Morgan fingerprint density at radius 1 is 1.47 bits per heavy atom. The van der Waals surface area contributed by atoms with Crippen LogP contribution in [0, 0.1) is 0 Å². The van der Waals surface area contributed by atoms with E-state index in [9.17, 15) is 4.79 Å². The summed E-state index contributed by atoms with van der Waals surface area (Å²) < 4.78 is 1.62. The van der Waals surface area contributed by atoms with E-state index < -0.39 is 0 Å². The first kappa shape index (κ1) is 13.8. The van der Waals surface area contributed by atoms with E-state index >= 15 is 0 Å². The molecule has 2 rings (SSSR count). The van der Waals surface area contributed by atoms with Crippen LogP contribution in [-0.4, -0.2) is 26.3 Å². The summed E-state index contributed by atoms with van der Waals surface area (Å²) in [5, 5.41) is 7.15. The van der Waals surface area contributed by atoms with E-state index in [0.29, 0.717) is 11.7 Å². The van der Waals surface area contributed by atoms with E-state index in [1.807, 2.05) is 32.0 Å². The quantitative estimate of drug-likeness (QED) is 0.806. The Kier molecular flexibility index (Phi) is 4.39. The number of hydrogen-bond acceptors (Lipinski definition) is 5. The maximum Gasteiger partial charge on any atom is 0.344 e. The van der Waals surface area contributed by atoms with Crippen LogP contribution in [0.15, 0.2) is 34.3 Å². The zero-order valence-corrected chi connectivity index (χ0v) is 11.7. The molecule has 6 nitrogen and oxygen atoms in total. The Labute approximate surface area is 115 Å². The lowest BCUT2D eigenvalue weighted by atomic mass is 10.3. The van der Waals surface area contributed by atoms with Crippen molar-refractivity contribution in [2.75, 3.05) is 6.54 Å². The highest BCUT2D eigenvalue weighted by Crippen LogP contribution is 2.32. The van der Waals surface area contributed by atoms with Crippen molar-refractivity contribution in [3.05, 3.63) is 40.6 Å². The minimum atomic E-state index is -0.200. The van der Waals surface area contributed by atoms with E-state index in [1.165, 1.54) is 11.8 Å². The molecule has 0 radical (unpaired) electrons. The molecule has 7 heteroatoms. The monoisotopic (exact) mass is 279 g/mol. The smallest absolute Gasteiger partial charge is 0.329 e. The second kappa shape index (κ2) is 6.03. The summed E-state index contributed by atoms with van der Waals surface area (Å²) in [4.78, 5) is 16.0. The highest BCUT2D eigenvalue weighted by molar-refractivity contribution is 7.99. The lowest BCUT2D eigenvalue weighted by molar-refractivity contribution is 0.533. The van der Waals surface area contributed by atoms with Crippen LogP contribution in [0.5, 0.6) is 0 Å². The number of H-pyrrole nitrogens is 1. The van der Waals surface area contributed by atoms with Gasteiger partial charge in [-0.05, 0) is 26.0 Å². The zero-order chi connectivity index (χ0) is 13.8. The standard InChI is InChI=1S/C12H17N5OS/c1-8(2)17-11(18)15-16-12(17)19-10(7-13)9-5-3-4-6-14-9/h3-6,8,10H,7,13H2,1-2H3,(H,15,18). The number of nitrogens with one attached hydrogen (secondary N) is 1. The lowest BCUT2D eigenvalue weighted by Crippen LogP contribution is -2.20. The number of nitrogens with two attached hydrogens (primary N) is 1. The number of rotatable bonds is 5. The van der Waals surface area contributed by atoms with E-state index in [1.54, 1.807) is 10.8 Å². The van der Waals surface area contributed by atoms with Gasteiger partial charge in [-0.3, -0.25) is 9.55 Å². The van der Waals surface area contributed by atoms with Gasteiger partial charge in [-0.2, -0.15) is 0 Å². The summed E-state index contributed by atoms with van der Waals surface area (Å²) in [6.07, 6.45) is 1.73. The van der Waals surface area contributed by atoms with Gasteiger partial charge >= 0.3 is 5.69 Å². The maximum absolute atomic E-state index is 11.7. The first-order valence-corrected chi connectivity index (χ1v) is 6.96. The largest absolute Gasteiger partial charge is 0.344 e. The van der Waals surface area contributed by atoms with Gasteiger partial charge in [0.25, 0.3) is 0 Å². The van der Waals surface area contributed by atoms with Crippen LogP contribution in [-0.2, 0) is 0 Å². The topological polar surface area (TPSA) is 89.6 Å².